The summed E-state index contributed by atoms with van der Waals surface area (Å²) in [5, 5.41) is 20.1. The minimum Gasteiger partial charge on any atom is -0.756 e. The van der Waals surface area contributed by atoms with Crippen molar-refractivity contribution in [3.8, 4) is 0 Å². The molecule has 0 saturated carbocycles. The SMILES string of the molecule is CN(C)C(=O)c1ccccc1C[C@@H]1O[C@H](COP(=O)([O-])O)[C@@H](O)[C@H]1O.[Na+]. The average molecular weight is 397 g/mol. The molecule has 1 amide bonds. The number of rotatable bonds is 6. The molecule has 1 heterocycles. The van der Waals surface area contributed by atoms with E-state index in [1.165, 1.54) is 4.90 Å². The number of ether oxygens (including phenoxy) is 1. The summed E-state index contributed by atoms with van der Waals surface area (Å²) in [6.07, 6.45) is -4.51. The van der Waals surface area contributed by atoms with E-state index < -0.39 is 38.8 Å². The molecule has 0 bridgehead atoms. The maximum absolute atomic E-state index is 12.2. The minimum atomic E-state index is -4.96. The molecule has 9 nitrogen and oxygen atoms in total. The molecular weight excluding hydrogens is 376 g/mol. The first-order valence-corrected chi connectivity index (χ1v) is 9.09. The van der Waals surface area contributed by atoms with Crippen molar-refractivity contribution in [2.45, 2.75) is 30.8 Å². The first kappa shape index (κ1) is 23.7. The van der Waals surface area contributed by atoms with Gasteiger partial charge in [-0.25, -0.2) is 0 Å². The number of carbonyl (C=O) groups is 1. The summed E-state index contributed by atoms with van der Waals surface area (Å²) in [5.41, 5.74) is 1.06. The van der Waals surface area contributed by atoms with Crippen LogP contribution in [0.3, 0.4) is 0 Å². The summed E-state index contributed by atoms with van der Waals surface area (Å²) in [6.45, 7) is -0.621. The van der Waals surface area contributed by atoms with Crippen LogP contribution >= 0.6 is 7.82 Å². The van der Waals surface area contributed by atoms with Gasteiger partial charge < -0.3 is 34.2 Å². The fourth-order valence-electron chi connectivity index (χ4n) is 2.66. The van der Waals surface area contributed by atoms with Crippen LogP contribution in [-0.2, 0) is 20.2 Å². The summed E-state index contributed by atoms with van der Waals surface area (Å²) in [5.74, 6) is -0.212. The van der Waals surface area contributed by atoms with Crippen molar-refractivity contribution in [2.24, 2.45) is 0 Å². The molecule has 0 aliphatic carbocycles. The van der Waals surface area contributed by atoms with Crippen molar-refractivity contribution in [2.75, 3.05) is 20.7 Å². The second kappa shape index (κ2) is 9.75. The van der Waals surface area contributed by atoms with Crippen molar-refractivity contribution in [3.63, 3.8) is 0 Å². The van der Waals surface area contributed by atoms with Crippen molar-refractivity contribution in [1.29, 1.82) is 0 Å². The van der Waals surface area contributed by atoms with Crippen LogP contribution in [0.4, 0.5) is 0 Å². The maximum Gasteiger partial charge on any atom is 1.00 e. The minimum absolute atomic E-state index is 0. The zero-order chi connectivity index (χ0) is 18.8. The van der Waals surface area contributed by atoms with Gasteiger partial charge in [-0.15, -0.1) is 0 Å². The van der Waals surface area contributed by atoms with Gasteiger partial charge in [0.15, 0.2) is 0 Å². The van der Waals surface area contributed by atoms with Gasteiger partial charge in [-0.1, -0.05) is 18.2 Å². The van der Waals surface area contributed by atoms with Crippen LogP contribution in [0.25, 0.3) is 0 Å². The number of nitrogens with zero attached hydrogens (tertiary/aromatic N) is 1. The third kappa shape index (κ3) is 6.10. The maximum atomic E-state index is 12.2. The van der Waals surface area contributed by atoms with E-state index in [0.717, 1.165) is 0 Å². The van der Waals surface area contributed by atoms with E-state index in [1.807, 2.05) is 0 Å². The molecule has 0 aromatic heterocycles. The molecule has 2 rings (SSSR count). The van der Waals surface area contributed by atoms with Crippen LogP contribution in [0.15, 0.2) is 24.3 Å². The third-order valence-electron chi connectivity index (χ3n) is 3.94. The van der Waals surface area contributed by atoms with Crippen molar-refractivity contribution in [3.05, 3.63) is 35.4 Å². The Morgan fingerprint density at radius 2 is 1.85 bits per heavy atom. The smallest absolute Gasteiger partial charge is 0.756 e. The van der Waals surface area contributed by atoms with Gasteiger partial charge in [-0.3, -0.25) is 9.36 Å². The van der Waals surface area contributed by atoms with Gasteiger partial charge in [-0.2, -0.15) is 0 Å². The Morgan fingerprint density at radius 3 is 2.42 bits per heavy atom. The number of phosphoric ester groups is 1. The van der Waals surface area contributed by atoms with Gasteiger partial charge >= 0.3 is 29.6 Å². The molecule has 5 atom stereocenters. The van der Waals surface area contributed by atoms with Gasteiger partial charge in [0.05, 0.1) is 12.7 Å². The van der Waals surface area contributed by atoms with E-state index in [-0.39, 0.29) is 41.9 Å². The molecule has 1 aromatic carbocycles. The Bertz CT molecular complexity index is 667. The predicted octanol–water partition coefficient (Wildman–Crippen LogP) is -4.10. The second-order valence-corrected chi connectivity index (χ2v) is 7.21. The molecule has 1 unspecified atom stereocenters. The number of hydrogen-bond donors (Lipinski definition) is 3. The molecule has 1 saturated heterocycles. The number of benzene rings is 1. The van der Waals surface area contributed by atoms with Gasteiger partial charge in [0.2, 0.25) is 0 Å². The Labute approximate surface area is 173 Å². The van der Waals surface area contributed by atoms with Crippen molar-refractivity contribution >= 4 is 13.7 Å². The molecule has 1 aromatic rings. The number of phosphoric acid groups is 1. The largest absolute Gasteiger partial charge is 1.00 e. The molecule has 1 fully saturated rings. The van der Waals surface area contributed by atoms with Crippen LogP contribution in [0.5, 0.6) is 0 Å². The normalized spacial score (nSPS) is 27.5. The fourth-order valence-corrected chi connectivity index (χ4v) is 3.00. The molecule has 1 aliphatic rings. The average Bonchev–Trinajstić information content (AvgIpc) is 2.80. The van der Waals surface area contributed by atoms with Gasteiger partial charge in [-0.05, 0) is 11.6 Å². The van der Waals surface area contributed by atoms with E-state index in [2.05, 4.69) is 4.52 Å². The quantitative estimate of drug-likeness (QED) is 0.325. The molecular formula is C15H21NNaO8P. The molecule has 1 aliphatic heterocycles. The van der Waals surface area contributed by atoms with E-state index >= 15 is 0 Å². The van der Waals surface area contributed by atoms with E-state index in [9.17, 15) is 24.5 Å². The Balaban J connectivity index is 0.00000338. The van der Waals surface area contributed by atoms with Gasteiger partial charge in [0.25, 0.3) is 13.7 Å². The number of hydrogen-bond acceptors (Lipinski definition) is 7. The monoisotopic (exact) mass is 397 g/mol. The zero-order valence-electron chi connectivity index (χ0n) is 14.8. The molecule has 0 radical (unpaired) electrons. The molecule has 0 spiro atoms. The Morgan fingerprint density at radius 1 is 1.27 bits per heavy atom. The summed E-state index contributed by atoms with van der Waals surface area (Å²) >= 11 is 0. The van der Waals surface area contributed by atoms with Crippen LogP contribution in [-0.4, -0.2) is 71.0 Å². The summed E-state index contributed by atoms with van der Waals surface area (Å²) in [4.78, 5) is 32.9. The van der Waals surface area contributed by atoms with Crippen LogP contribution in [0, 0.1) is 0 Å². The summed E-state index contributed by atoms with van der Waals surface area (Å²) in [6, 6.07) is 6.81. The Hall–Kier alpha value is -0.320. The second-order valence-electron chi connectivity index (χ2n) is 6.02. The van der Waals surface area contributed by atoms with Crippen LogP contribution in [0.2, 0.25) is 0 Å². The number of aliphatic hydroxyl groups excluding tert-OH is 2. The fraction of sp³-hybridized carbons (Fsp3) is 0.533. The predicted molar refractivity (Wildman–Crippen MR) is 84.6 cm³/mol. The number of carbonyl (C=O) groups excluding carboxylic acids is 1. The standard InChI is InChI=1S/C15H22NO8P.Na/c1-16(2)15(19)10-6-4-3-5-9(10)7-11-13(17)14(18)12(24-11)8-23-25(20,21)22;/h3-6,11-14,17-18H,7-8H2,1-2H3,(H2,20,21,22);/q;+1/p-1/t11-,12+,13-,14+;/m0./s1. The summed E-state index contributed by atoms with van der Waals surface area (Å²) in [7, 11) is -1.72. The molecule has 3 N–H and O–H groups in total. The van der Waals surface area contributed by atoms with Crippen LogP contribution < -0.4 is 34.5 Å². The van der Waals surface area contributed by atoms with E-state index in [0.29, 0.717) is 11.1 Å². The van der Waals surface area contributed by atoms with Crippen molar-refractivity contribution in [1.82, 2.24) is 4.90 Å². The zero-order valence-corrected chi connectivity index (χ0v) is 17.7. The first-order chi connectivity index (χ1) is 11.6. The number of aliphatic hydroxyl groups is 2. The first-order valence-electron chi connectivity index (χ1n) is 7.59. The Kier molecular flexibility index (Phi) is 8.89. The van der Waals surface area contributed by atoms with E-state index in [4.69, 9.17) is 9.63 Å². The topological polar surface area (TPSA) is 140 Å². The molecule has 140 valence electrons. The van der Waals surface area contributed by atoms with Gasteiger partial charge in [0.1, 0.15) is 18.3 Å². The molecule has 11 heteroatoms. The number of amides is 1. The molecule has 26 heavy (non-hydrogen) atoms. The van der Waals surface area contributed by atoms with Crippen LogP contribution in [0.1, 0.15) is 15.9 Å². The van der Waals surface area contributed by atoms with E-state index in [1.54, 1.807) is 38.4 Å². The third-order valence-corrected chi connectivity index (χ3v) is 4.41. The summed E-state index contributed by atoms with van der Waals surface area (Å²) < 4.78 is 20.3. The van der Waals surface area contributed by atoms with Crippen molar-refractivity contribution < 1.29 is 68.2 Å². The van der Waals surface area contributed by atoms with Gasteiger partial charge in [0, 0.05) is 26.1 Å².